The number of nitrogens with one attached hydrogen (secondary N) is 2. The van der Waals surface area contributed by atoms with Crippen molar-refractivity contribution in [2.75, 3.05) is 20.9 Å². The van der Waals surface area contributed by atoms with E-state index in [1.807, 2.05) is 0 Å². The van der Waals surface area contributed by atoms with Gasteiger partial charge in [-0.05, 0) is 85.3 Å². The zero-order chi connectivity index (χ0) is 28.2. The summed E-state index contributed by atoms with van der Waals surface area (Å²) in [4.78, 5) is 13.0. The molecule has 1 amide bonds. The Hall–Kier alpha value is -3.38. The number of carbonyl (C=O) groups is 1. The molecule has 0 aromatic heterocycles. The molecule has 2 N–H and O–H groups in total. The smallest absolute Gasteiger partial charge is 0.264 e. The second-order valence-corrected chi connectivity index (χ2v) is 13.3. The molecule has 0 radical (unpaired) electrons. The number of benzene rings is 4. The van der Waals surface area contributed by atoms with Crippen molar-refractivity contribution in [2.45, 2.75) is 16.7 Å². The number of aryl methyl sites for hydroxylation is 1. The molecular formula is C27H23BrClN3O5S2. The average Bonchev–Trinajstić information content (AvgIpc) is 2.91. The highest BCUT2D eigenvalue weighted by Gasteiger charge is 2.27. The van der Waals surface area contributed by atoms with Crippen molar-refractivity contribution >= 4 is 70.5 Å². The molecule has 0 atom stereocenters. The Balaban J connectivity index is 1.53. The van der Waals surface area contributed by atoms with Crippen molar-refractivity contribution in [3.63, 3.8) is 0 Å². The molecule has 4 aromatic carbocycles. The number of nitrogens with zero attached hydrogens (tertiary/aromatic N) is 1. The summed E-state index contributed by atoms with van der Waals surface area (Å²) in [5, 5.41) is 2.98. The van der Waals surface area contributed by atoms with Crippen molar-refractivity contribution in [1.29, 1.82) is 0 Å². The van der Waals surface area contributed by atoms with E-state index in [1.54, 1.807) is 61.5 Å². The minimum Gasteiger partial charge on any atom is -0.325 e. The second-order valence-electron chi connectivity index (χ2n) is 8.44. The van der Waals surface area contributed by atoms with Gasteiger partial charge in [0.2, 0.25) is 5.91 Å². The van der Waals surface area contributed by atoms with Crippen LogP contribution in [-0.4, -0.2) is 29.3 Å². The lowest BCUT2D eigenvalue weighted by molar-refractivity contribution is -0.114. The number of amides is 1. The number of carbonyl (C=O) groups excluding carboxylic acids is 1. The van der Waals surface area contributed by atoms with Crippen LogP contribution in [0.1, 0.15) is 5.56 Å². The zero-order valence-corrected chi connectivity index (χ0v) is 24.5. The van der Waals surface area contributed by atoms with E-state index in [9.17, 15) is 21.6 Å². The van der Waals surface area contributed by atoms with E-state index < -0.39 is 32.5 Å². The lowest BCUT2D eigenvalue weighted by atomic mass is 10.2. The van der Waals surface area contributed by atoms with Crippen LogP contribution < -0.4 is 14.3 Å². The third-order valence-electron chi connectivity index (χ3n) is 5.61. The first-order valence-corrected chi connectivity index (χ1v) is 15.6. The molecule has 12 heteroatoms. The largest absolute Gasteiger partial charge is 0.325 e. The van der Waals surface area contributed by atoms with Gasteiger partial charge in [0, 0.05) is 20.9 Å². The van der Waals surface area contributed by atoms with E-state index >= 15 is 0 Å². The maximum absolute atomic E-state index is 13.5. The van der Waals surface area contributed by atoms with Crippen LogP contribution in [0.4, 0.5) is 17.1 Å². The minimum atomic E-state index is -4.11. The van der Waals surface area contributed by atoms with Gasteiger partial charge in [-0.3, -0.25) is 13.8 Å². The normalized spacial score (nSPS) is 11.6. The molecule has 4 aromatic rings. The summed E-state index contributed by atoms with van der Waals surface area (Å²) in [6.07, 6.45) is 0. The molecule has 8 nitrogen and oxygen atoms in total. The topological polar surface area (TPSA) is 113 Å². The van der Waals surface area contributed by atoms with E-state index in [2.05, 4.69) is 26.0 Å². The minimum absolute atomic E-state index is 0.00834. The summed E-state index contributed by atoms with van der Waals surface area (Å²) in [6.45, 7) is 1.24. The van der Waals surface area contributed by atoms with E-state index in [4.69, 9.17) is 11.6 Å². The molecule has 0 heterocycles. The first kappa shape index (κ1) is 28.6. The van der Waals surface area contributed by atoms with E-state index in [0.717, 1.165) is 14.3 Å². The van der Waals surface area contributed by atoms with Crippen LogP contribution in [0.2, 0.25) is 5.02 Å². The van der Waals surface area contributed by atoms with Gasteiger partial charge >= 0.3 is 0 Å². The number of rotatable bonds is 9. The number of hydrogen-bond acceptors (Lipinski definition) is 5. The number of sulfonamides is 2. The highest BCUT2D eigenvalue weighted by atomic mass is 79.9. The Morgan fingerprint density at radius 2 is 1.44 bits per heavy atom. The molecule has 4 rings (SSSR count). The van der Waals surface area contributed by atoms with Crippen molar-refractivity contribution in [1.82, 2.24) is 0 Å². The lowest BCUT2D eigenvalue weighted by Gasteiger charge is -2.24. The molecular weight excluding hydrogens is 626 g/mol. The molecule has 0 saturated heterocycles. The third-order valence-corrected chi connectivity index (χ3v) is 9.73. The standard InChI is InChI=1S/C27H23BrClN3O5S2/c1-19-7-14-23(17-26(19)29)32(39(36,37)25-5-3-2-4-6-25)18-27(33)30-21-12-15-24(16-13-21)38(34,35)31-22-10-8-20(28)9-11-22/h2-17,31H,18H2,1H3,(H,30,33). The summed E-state index contributed by atoms with van der Waals surface area (Å²) in [6, 6.07) is 24.7. The molecule has 0 fully saturated rings. The predicted octanol–water partition coefficient (Wildman–Crippen LogP) is 6.05. The van der Waals surface area contributed by atoms with Crippen LogP contribution in [0, 0.1) is 6.92 Å². The first-order valence-electron chi connectivity index (χ1n) is 11.5. The molecule has 0 aliphatic rings. The summed E-state index contributed by atoms with van der Waals surface area (Å²) < 4.78 is 56.7. The van der Waals surface area contributed by atoms with E-state index in [1.165, 1.54) is 42.5 Å². The van der Waals surface area contributed by atoms with Crippen LogP contribution in [0.25, 0.3) is 0 Å². The van der Waals surface area contributed by atoms with Gasteiger partial charge in [0.15, 0.2) is 0 Å². The Morgan fingerprint density at radius 3 is 2.05 bits per heavy atom. The average molecular weight is 649 g/mol. The van der Waals surface area contributed by atoms with Crippen LogP contribution in [0.15, 0.2) is 111 Å². The Kier molecular flexibility index (Phi) is 8.65. The van der Waals surface area contributed by atoms with Gasteiger partial charge in [-0.1, -0.05) is 51.8 Å². The lowest BCUT2D eigenvalue weighted by Crippen LogP contribution is -2.38. The fourth-order valence-corrected chi connectivity index (χ4v) is 6.48. The Morgan fingerprint density at radius 1 is 0.821 bits per heavy atom. The number of halogens is 2. The highest BCUT2D eigenvalue weighted by molar-refractivity contribution is 9.10. The molecule has 0 aliphatic carbocycles. The molecule has 0 bridgehead atoms. The third kappa shape index (κ3) is 6.99. The molecule has 0 spiro atoms. The molecule has 39 heavy (non-hydrogen) atoms. The van der Waals surface area contributed by atoms with Crippen molar-refractivity contribution in [3.05, 3.63) is 112 Å². The molecule has 0 saturated carbocycles. The summed E-state index contributed by atoms with van der Waals surface area (Å²) in [5.74, 6) is -0.630. The van der Waals surface area contributed by atoms with Gasteiger partial charge in [0.25, 0.3) is 20.0 Å². The Bertz CT molecular complexity index is 1700. The van der Waals surface area contributed by atoms with E-state index in [-0.39, 0.29) is 15.5 Å². The maximum Gasteiger partial charge on any atom is 0.264 e. The monoisotopic (exact) mass is 647 g/mol. The predicted molar refractivity (Wildman–Crippen MR) is 157 cm³/mol. The van der Waals surface area contributed by atoms with Gasteiger partial charge in [-0.15, -0.1) is 0 Å². The van der Waals surface area contributed by atoms with Crippen LogP contribution in [0.3, 0.4) is 0 Å². The summed E-state index contributed by atoms with van der Waals surface area (Å²) in [5.41, 5.74) is 1.67. The SMILES string of the molecule is Cc1ccc(N(CC(=O)Nc2ccc(S(=O)(=O)Nc3ccc(Br)cc3)cc2)S(=O)(=O)c2ccccc2)cc1Cl. The summed E-state index contributed by atoms with van der Waals surface area (Å²) >= 11 is 9.55. The van der Waals surface area contributed by atoms with Crippen molar-refractivity contribution < 1.29 is 21.6 Å². The van der Waals surface area contributed by atoms with Crippen molar-refractivity contribution in [2.24, 2.45) is 0 Å². The maximum atomic E-state index is 13.5. The first-order chi connectivity index (χ1) is 18.5. The molecule has 0 aliphatic heterocycles. The quantitative estimate of drug-likeness (QED) is 0.230. The number of anilines is 3. The molecule has 202 valence electrons. The zero-order valence-electron chi connectivity index (χ0n) is 20.5. The van der Waals surface area contributed by atoms with Crippen LogP contribution >= 0.6 is 27.5 Å². The van der Waals surface area contributed by atoms with Gasteiger partial charge in [-0.2, -0.15) is 0 Å². The second kappa shape index (κ2) is 11.8. The Labute approximate surface area is 240 Å². The van der Waals surface area contributed by atoms with Gasteiger partial charge in [-0.25, -0.2) is 16.8 Å². The number of hydrogen-bond donors (Lipinski definition) is 2. The van der Waals surface area contributed by atoms with Crippen LogP contribution in [0.5, 0.6) is 0 Å². The van der Waals surface area contributed by atoms with Gasteiger partial charge in [0.05, 0.1) is 15.5 Å². The van der Waals surface area contributed by atoms with Gasteiger partial charge < -0.3 is 5.32 Å². The van der Waals surface area contributed by atoms with E-state index in [0.29, 0.717) is 16.4 Å². The summed E-state index contributed by atoms with van der Waals surface area (Å²) in [7, 11) is -7.97. The van der Waals surface area contributed by atoms with Gasteiger partial charge in [0.1, 0.15) is 6.54 Å². The fraction of sp³-hybridized carbons (Fsp3) is 0.0741. The van der Waals surface area contributed by atoms with Crippen molar-refractivity contribution in [3.8, 4) is 0 Å². The fourth-order valence-electron chi connectivity index (χ4n) is 3.55. The highest BCUT2D eigenvalue weighted by Crippen LogP contribution is 2.28. The molecule has 0 unspecified atom stereocenters. The van der Waals surface area contributed by atoms with Crippen LogP contribution in [-0.2, 0) is 24.8 Å².